The lowest BCUT2D eigenvalue weighted by molar-refractivity contribution is -0.0414. The van der Waals surface area contributed by atoms with E-state index in [0.29, 0.717) is 31.9 Å². The molecule has 0 saturated carbocycles. The van der Waals surface area contributed by atoms with E-state index in [1.165, 1.54) is 0 Å². The van der Waals surface area contributed by atoms with E-state index in [-0.39, 0.29) is 6.04 Å². The van der Waals surface area contributed by atoms with Crippen molar-refractivity contribution in [2.75, 3.05) is 26.3 Å². The lowest BCUT2D eigenvalue weighted by Gasteiger charge is -2.38. The highest BCUT2D eigenvalue weighted by Crippen LogP contribution is 2.34. The van der Waals surface area contributed by atoms with Crippen LogP contribution in [0.3, 0.4) is 0 Å². The average molecular weight is 358 g/mol. The zero-order chi connectivity index (χ0) is 18.1. The van der Waals surface area contributed by atoms with Crippen molar-refractivity contribution < 1.29 is 14.6 Å². The van der Waals surface area contributed by atoms with Crippen LogP contribution >= 0.6 is 0 Å². The Morgan fingerprint density at radius 1 is 1.23 bits per heavy atom. The van der Waals surface area contributed by atoms with Crippen molar-refractivity contribution in [2.45, 2.75) is 44.9 Å². The minimum absolute atomic E-state index is 0.234. The zero-order valence-corrected chi connectivity index (χ0v) is 15.4. The molecular weight excluding hydrogens is 332 g/mol. The fourth-order valence-electron chi connectivity index (χ4n) is 3.65. The van der Waals surface area contributed by atoms with E-state index in [1.807, 2.05) is 18.3 Å². The maximum Gasteiger partial charge on any atom is 0.161 e. The van der Waals surface area contributed by atoms with Gasteiger partial charge in [-0.25, -0.2) is 4.68 Å². The molecule has 1 atom stereocenters. The number of ether oxygens (including phenoxy) is 2. The quantitative estimate of drug-likeness (QED) is 0.903. The Balaban J connectivity index is 1.47. The highest BCUT2D eigenvalue weighted by atomic mass is 16.6. The number of nitrogens with zero attached hydrogens (tertiary/aromatic N) is 4. The van der Waals surface area contributed by atoms with E-state index in [0.717, 1.165) is 36.6 Å². The molecule has 1 fully saturated rings. The molecular formula is C19H26N4O3. The van der Waals surface area contributed by atoms with Crippen molar-refractivity contribution in [3.05, 3.63) is 35.7 Å². The van der Waals surface area contributed by atoms with Crippen LogP contribution < -0.4 is 9.47 Å². The van der Waals surface area contributed by atoms with Crippen LogP contribution in [0.1, 0.15) is 44.0 Å². The van der Waals surface area contributed by atoms with Gasteiger partial charge in [0.05, 0.1) is 6.20 Å². The number of hydrogen-bond donors (Lipinski definition) is 1. The van der Waals surface area contributed by atoms with Crippen LogP contribution in [0.4, 0.5) is 0 Å². The van der Waals surface area contributed by atoms with Gasteiger partial charge in [0.2, 0.25) is 0 Å². The van der Waals surface area contributed by atoms with Gasteiger partial charge in [0.1, 0.15) is 24.5 Å². The molecule has 0 bridgehead atoms. The van der Waals surface area contributed by atoms with E-state index in [9.17, 15) is 5.11 Å². The van der Waals surface area contributed by atoms with E-state index < -0.39 is 5.60 Å². The molecule has 0 radical (unpaired) electrons. The number of β-amino-alcohol motifs (C(OH)–C–C–N with tert-alkyl or cyclic N) is 1. The molecule has 1 N–H and O–H groups in total. The summed E-state index contributed by atoms with van der Waals surface area (Å²) in [7, 11) is 0. The molecule has 2 aromatic rings. The third-order valence-corrected chi connectivity index (χ3v) is 5.08. The van der Waals surface area contributed by atoms with Gasteiger partial charge in [-0.2, -0.15) is 0 Å². The number of rotatable bonds is 4. The summed E-state index contributed by atoms with van der Waals surface area (Å²) in [4.78, 5) is 2.27. The molecule has 0 aliphatic carbocycles. The number of aliphatic hydroxyl groups is 1. The second kappa shape index (κ2) is 6.89. The predicted molar refractivity (Wildman–Crippen MR) is 96.2 cm³/mol. The summed E-state index contributed by atoms with van der Waals surface area (Å²) < 4.78 is 13.1. The standard InChI is InChI=1S/C19H26N4O3/c1-14(2)23-12-18(20-21-23)19(24)6-3-7-22(13-19)11-15-4-5-16-17(10-15)26-9-8-25-16/h4-5,10,12,14,24H,3,6-9,11,13H2,1-2H3. The van der Waals surface area contributed by atoms with Crippen LogP contribution in [0.15, 0.2) is 24.4 Å². The monoisotopic (exact) mass is 358 g/mol. The number of likely N-dealkylation sites (tertiary alicyclic amines) is 1. The van der Waals surface area contributed by atoms with E-state index >= 15 is 0 Å². The third-order valence-electron chi connectivity index (χ3n) is 5.08. The zero-order valence-electron chi connectivity index (χ0n) is 15.4. The number of fused-ring (bicyclic) bond motifs is 1. The normalized spacial score (nSPS) is 23.4. The largest absolute Gasteiger partial charge is 0.486 e. The van der Waals surface area contributed by atoms with Crippen molar-refractivity contribution in [1.82, 2.24) is 19.9 Å². The van der Waals surface area contributed by atoms with E-state index in [2.05, 4.69) is 35.1 Å². The summed E-state index contributed by atoms with van der Waals surface area (Å²) in [6.07, 6.45) is 3.51. The molecule has 1 saturated heterocycles. The van der Waals surface area contributed by atoms with Crippen molar-refractivity contribution in [3.8, 4) is 11.5 Å². The fraction of sp³-hybridized carbons (Fsp3) is 0.579. The van der Waals surface area contributed by atoms with Gasteiger partial charge in [0, 0.05) is 19.1 Å². The van der Waals surface area contributed by atoms with E-state index in [4.69, 9.17) is 9.47 Å². The van der Waals surface area contributed by atoms with Gasteiger partial charge in [0.25, 0.3) is 0 Å². The van der Waals surface area contributed by atoms with Gasteiger partial charge >= 0.3 is 0 Å². The smallest absolute Gasteiger partial charge is 0.161 e. The average Bonchev–Trinajstić information content (AvgIpc) is 3.13. The Hall–Kier alpha value is -2.12. The molecule has 1 aromatic heterocycles. The molecule has 26 heavy (non-hydrogen) atoms. The van der Waals surface area contributed by atoms with Crippen LogP contribution in [-0.2, 0) is 12.1 Å². The number of aromatic nitrogens is 3. The van der Waals surface area contributed by atoms with Gasteiger partial charge in [0.15, 0.2) is 11.5 Å². The van der Waals surface area contributed by atoms with Crippen molar-refractivity contribution >= 4 is 0 Å². The van der Waals surface area contributed by atoms with Gasteiger partial charge in [-0.3, -0.25) is 4.90 Å². The Morgan fingerprint density at radius 2 is 2.04 bits per heavy atom. The molecule has 3 heterocycles. The highest BCUT2D eigenvalue weighted by molar-refractivity contribution is 5.43. The summed E-state index contributed by atoms with van der Waals surface area (Å²) in [5.41, 5.74) is 0.876. The summed E-state index contributed by atoms with van der Waals surface area (Å²) >= 11 is 0. The fourth-order valence-corrected chi connectivity index (χ4v) is 3.65. The first-order valence-corrected chi connectivity index (χ1v) is 9.29. The van der Waals surface area contributed by atoms with Crippen LogP contribution in [-0.4, -0.2) is 51.3 Å². The van der Waals surface area contributed by atoms with Crippen molar-refractivity contribution in [3.63, 3.8) is 0 Å². The lowest BCUT2D eigenvalue weighted by Crippen LogP contribution is -2.45. The summed E-state index contributed by atoms with van der Waals surface area (Å²) in [5, 5.41) is 19.6. The number of hydrogen-bond acceptors (Lipinski definition) is 6. The minimum atomic E-state index is -0.945. The topological polar surface area (TPSA) is 72.6 Å². The number of piperidine rings is 1. The van der Waals surface area contributed by atoms with Crippen LogP contribution in [0.2, 0.25) is 0 Å². The van der Waals surface area contributed by atoms with Crippen LogP contribution in [0.25, 0.3) is 0 Å². The summed E-state index contributed by atoms with van der Waals surface area (Å²) in [6, 6.07) is 6.30. The minimum Gasteiger partial charge on any atom is -0.486 e. The molecule has 7 heteroatoms. The first kappa shape index (κ1) is 17.3. The molecule has 0 amide bonds. The first-order valence-electron chi connectivity index (χ1n) is 9.29. The third kappa shape index (κ3) is 3.41. The van der Waals surface area contributed by atoms with Gasteiger partial charge in [-0.15, -0.1) is 5.10 Å². The predicted octanol–water partition coefficient (Wildman–Crippen LogP) is 2.11. The second-order valence-electron chi connectivity index (χ2n) is 7.50. The van der Waals surface area contributed by atoms with Gasteiger partial charge in [-0.1, -0.05) is 11.3 Å². The lowest BCUT2D eigenvalue weighted by atomic mass is 9.89. The van der Waals surface area contributed by atoms with Crippen molar-refractivity contribution in [1.29, 1.82) is 0 Å². The molecule has 1 unspecified atom stereocenters. The highest BCUT2D eigenvalue weighted by Gasteiger charge is 2.37. The molecule has 7 nitrogen and oxygen atoms in total. The maximum atomic E-state index is 11.2. The maximum absolute atomic E-state index is 11.2. The Bertz CT molecular complexity index is 776. The van der Waals surface area contributed by atoms with Crippen LogP contribution in [0, 0.1) is 0 Å². The summed E-state index contributed by atoms with van der Waals surface area (Å²) in [5.74, 6) is 1.61. The first-order chi connectivity index (χ1) is 12.5. The van der Waals surface area contributed by atoms with Crippen LogP contribution in [0.5, 0.6) is 11.5 Å². The Morgan fingerprint density at radius 3 is 2.81 bits per heavy atom. The molecule has 0 spiro atoms. The Kier molecular flexibility index (Phi) is 4.58. The Labute approximate surface area is 153 Å². The summed E-state index contributed by atoms with van der Waals surface area (Å²) in [6.45, 7) is 7.56. The molecule has 1 aromatic carbocycles. The molecule has 140 valence electrons. The molecule has 2 aliphatic heterocycles. The van der Waals surface area contributed by atoms with E-state index in [1.54, 1.807) is 4.68 Å². The molecule has 2 aliphatic rings. The van der Waals surface area contributed by atoms with Gasteiger partial charge in [-0.05, 0) is 50.9 Å². The SMILES string of the molecule is CC(C)n1cc(C2(O)CCCN(Cc3ccc4c(c3)OCCO4)C2)nn1. The van der Waals surface area contributed by atoms with Crippen molar-refractivity contribution in [2.24, 2.45) is 0 Å². The second-order valence-corrected chi connectivity index (χ2v) is 7.50. The molecule has 4 rings (SSSR count). The van der Waals surface area contributed by atoms with Gasteiger partial charge < -0.3 is 14.6 Å². The number of benzene rings is 1.